The third kappa shape index (κ3) is 8.06. The fourth-order valence-corrected chi connectivity index (χ4v) is 5.90. The van der Waals surface area contributed by atoms with E-state index in [0.717, 1.165) is 38.9 Å². The molecule has 236 valence electrons. The second kappa shape index (κ2) is 15.0. The van der Waals surface area contributed by atoms with Gasteiger partial charge in [0, 0.05) is 37.5 Å². The topological polar surface area (TPSA) is 91.3 Å². The summed E-state index contributed by atoms with van der Waals surface area (Å²) in [5.74, 6) is -0.0497. The van der Waals surface area contributed by atoms with E-state index in [9.17, 15) is 15.0 Å². The van der Waals surface area contributed by atoms with Gasteiger partial charge in [-0.15, -0.1) is 0 Å². The van der Waals surface area contributed by atoms with Gasteiger partial charge in [-0.25, -0.2) is 0 Å². The van der Waals surface area contributed by atoms with Crippen LogP contribution < -0.4 is 5.32 Å². The molecule has 1 aliphatic rings. The number of aliphatic hydroxyl groups is 2. The smallest absolute Gasteiger partial charge is 0.217 e. The Labute approximate surface area is 266 Å². The van der Waals surface area contributed by atoms with Crippen molar-refractivity contribution in [3.8, 4) is 11.1 Å². The largest absolute Gasteiger partial charge is 0.392 e. The fourth-order valence-electron chi connectivity index (χ4n) is 5.90. The van der Waals surface area contributed by atoms with Gasteiger partial charge in [-0.3, -0.25) is 9.69 Å². The molecule has 1 aliphatic heterocycles. The molecule has 0 radical (unpaired) electrons. The number of aliphatic hydroxyl groups excluding tert-OH is 2. The number of amides is 1. The van der Waals surface area contributed by atoms with E-state index in [-0.39, 0.29) is 36.7 Å². The van der Waals surface area contributed by atoms with Crippen molar-refractivity contribution in [1.29, 1.82) is 0 Å². The number of hydrogen-bond acceptors (Lipinski definition) is 6. The summed E-state index contributed by atoms with van der Waals surface area (Å²) in [7, 11) is 2.02. The molecular weight excluding hydrogens is 564 g/mol. The minimum atomic E-state index is -0.637. The average molecular weight is 609 g/mol. The molecule has 0 unspecified atom stereocenters. The average Bonchev–Trinajstić information content (AvgIpc) is 3.08. The van der Waals surface area contributed by atoms with Gasteiger partial charge in [-0.1, -0.05) is 97.9 Å². The summed E-state index contributed by atoms with van der Waals surface area (Å²) in [6.07, 6.45) is -1.68. The van der Waals surface area contributed by atoms with Crippen molar-refractivity contribution in [2.24, 2.45) is 5.92 Å². The highest BCUT2D eigenvalue weighted by Crippen LogP contribution is 2.42. The molecule has 0 aromatic heterocycles. The highest BCUT2D eigenvalue weighted by molar-refractivity contribution is 5.73. The van der Waals surface area contributed by atoms with Crippen LogP contribution in [0.3, 0.4) is 0 Å². The van der Waals surface area contributed by atoms with Crippen LogP contribution in [0, 0.1) is 5.92 Å². The zero-order chi connectivity index (χ0) is 31.9. The summed E-state index contributed by atoms with van der Waals surface area (Å²) in [6.45, 7) is 6.76. The van der Waals surface area contributed by atoms with Crippen molar-refractivity contribution in [2.75, 3.05) is 13.6 Å². The highest BCUT2D eigenvalue weighted by atomic mass is 16.7. The van der Waals surface area contributed by atoms with Gasteiger partial charge in [0.2, 0.25) is 5.91 Å². The Balaban J connectivity index is 1.41. The van der Waals surface area contributed by atoms with Gasteiger partial charge in [-0.05, 0) is 59.5 Å². The molecule has 4 aromatic rings. The molecule has 4 aromatic carbocycles. The first-order valence-corrected chi connectivity index (χ1v) is 15.6. The maximum Gasteiger partial charge on any atom is 0.217 e. The van der Waals surface area contributed by atoms with Crippen molar-refractivity contribution in [2.45, 2.75) is 64.6 Å². The molecular formula is C38H44N2O5. The molecule has 6 atom stereocenters. The van der Waals surface area contributed by atoms with Crippen LogP contribution in [0.25, 0.3) is 11.1 Å². The van der Waals surface area contributed by atoms with E-state index in [4.69, 9.17) is 9.47 Å². The minimum absolute atomic E-state index is 0.0124. The van der Waals surface area contributed by atoms with E-state index in [1.807, 2.05) is 92.8 Å². The first kappa shape index (κ1) is 32.5. The molecule has 7 nitrogen and oxygen atoms in total. The molecule has 1 saturated heterocycles. The van der Waals surface area contributed by atoms with E-state index < -0.39 is 12.4 Å². The lowest BCUT2D eigenvalue weighted by molar-refractivity contribution is -0.276. The van der Waals surface area contributed by atoms with Crippen LogP contribution in [0.15, 0.2) is 103 Å². The maximum atomic E-state index is 11.4. The minimum Gasteiger partial charge on any atom is -0.392 e. The lowest BCUT2D eigenvalue weighted by Gasteiger charge is -2.43. The second-order valence-corrected chi connectivity index (χ2v) is 12.1. The molecule has 7 heteroatoms. The quantitative estimate of drug-likeness (QED) is 0.184. The predicted octanol–water partition coefficient (Wildman–Crippen LogP) is 6.33. The fraction of sp³-hybridized carbons (Fsp3) is 0.342. The van der Waals surface area contributed by atoms with E-state index >= 15 is 0 Å². The van der Waals surface area contributed by atoms with Crippen molar-refractivity contribution in [1.82, 2.24) is 10.2 Å². The highest BCUT2D eigenvalue weighted by Gasteiger charge is 2.39. The molecule has 3 N–H and O–H groups in total. The maximum absolute atomic E-state index is 11.4. The second-order valence-electron chi connectivity index (χ2n) is 12.1. The standard InChI is InChI=1S/C38H44N2O5/c1-25-35(23-40(4)26(2)36(43)30-11-6-5-7-12-30)44-38(45-37(25)31-18-16-28(24-41)17-19-31)34-15-9-14-33(21-34)32-13-8-10-29(20-32)22-39-27(3)42/h5-21,25-26,35-38,41,43H,22-24H2,1-4H3,(H,39,42)/t25-,26-,35+,36-,37+,38+/m1/s1. The van der Waals surface area contributed by atoms with Crippen LogP contribution in [0.4, 0.5) is 0 Å². The number of nitrogens with zero attached hydrogens (tertiary/aromatic N) is 1. The van der Waals surface area contributed by atoms with Crippen molar-refractivity contribution in [3.63, 3.8) is 0 Å². The van der Waals surface area contributed by atoms with Gasteiger partial charge in [0.25, 0.3) is 0 Å². The number of carbonyl (C=O) groups excluding carboxylic acids is 1. The Kier molecular flexibility index (Phi) is 10.8. The van der Waals surface area contributed by atoms with E-state index in [0.29, 0.717) is 13.1 Å². The molecule has 1 heterocycles. The third-order valence-corrected chi connectivity index (χ3v) is 8.85. The SMILES string of the molecule is CC(=O)NCc1cccc(-c2cccc([C@H]3O[C@@H](CN(C)[C@H](C)[C@@H](O)c4ccccc4)[C@@H](C)[C@@H](c4ccc(CO)cc4)O3)c2)c1. The van der Waals surface area contributed by atoms with Gasteiger partial charge >= 0.3 is 0 Å². The summed E-state index contributed by atoms with van der Waals surface area (Å²) >= 11 is 0. The Hall–Kier alpha value is -3.85. The normalized spacial score (nSPS) is 21.3. The van der Waals surface area contributed by atoms with Crippen LogP contribution in [0.2, 0.25) is 0 Å². The van der Waals surface area contributed by atoms with E-state index in [2.05, 4.69) is 41.4 Å². The zero-order valence-corrected chi connectivity index (χ0v) is 26.5. The van der Waals surface area contributed by atoms with Crippen molar-refractivity contribution in [3.05, 3.63) is 131 Å². The Bertz CT molecular complexity index is 1540. The number of benzene rings is 4. The molecule has 1 fully saturated rings. The Morgan fingerprint density at radius 1 is 0.867 bits per heavy atom. The Morgan fingerprint density at radius 2 is 1.56 bits per heavy atom. The molecule has 0 saturated carbocycles. The van der Waals surface area contributed by atoms with Crippen LogP contribution in [0.5, 0.6) is 0 Å². The van der Waals surface area contributed by atoms with Gasteiger partial charge in [0.1, 0.15) is 0 Å². The number of nitrogens with one attached hydrogen (secondary N) is 1. The van der Waals surface area contributed by atoms with Gasteiger partial charge < -0.3 is 25.0 Å². The van der Waals surface area contributed by atoms with Gasteiger partial charge in [0.15, 0.2) is 6.29 Å². The van der Waals surface area contributed by atoms with Gasteiger partial charge in [-0.2, -0.15) is 0 Å². The molecule has 0 bridgehead atoms. The summed E-state index contributed by atoms with van der Waals surface area (Å²) in [6, 6.07) is 33.9. The number of ether oxygens (including phenoxy) is 2. The van der Waals surface area contributed by atoms with Crippen LogP contribution >= 0.6 is 0 Å². The lowest BCUT2D eigenvalue weighted by Crippen LogP contribution is -2.46. The third-order valence-electron chi connectivity index (χ3n) is 8.85. The Morgan fingerprint density at radius 3 is 2.24 bits per heavy atom. The molecule has 45 heavy (non-hydrogen) atoms. The summed E-state index contributed by atoms with van der Waals surface area (Å²) in [4.78, 5) is 13.6. The number of likely N-dealkylation sites (N-methyl/N-ethyl adjacent to an activating group) is 1. The monoisotopic (exact) mass is 608 g/mol. The number of carbonyl (C=O) groups is 1. The summed E-state index contributed by atoms with van der Waals surface area (Å²) < 4.78 is 13.4. The van der Waals surface area contributed by atoms with Crippen molar-refractivity contribution < 1.29 is 24.5 Å². The molecule has 0 spiro atoms. The van der Waals surface area contributed by atoms with E-state index in [1.54, 1.807) is 0 Å². The van der Waals surface area contributed by atoms with Crippen LogP contribution in [-0.2, 0) is 27.4 Å². The van der Waals surface area contributed by atoms with Crippen LogP contribution in [0.1, 0.15) is 67.1 Å². The number of rotatable bonds is 11. The molecule has 0 aliphatic carbocycles. The predicted molar refractivity (Wildman–Crippen MR) is 176 cm³/mol. The zero-order valence-electron chi connectivity index (χ0n) is 26.5. The first-order chi connectivity index (χ1) is 21.7. The van der Waals surface area contributed by atoms with Crippen LogP contribution in [-0.4, -0.2) is 46.8 Å². The van der Waals surface area contributed by atoms with E-state index in [1.165, 1.54) is 6.92 Å². The lowest BCUT2D eigenvalue weighted by atomic mass is 9.89. The number of hydrogen-bond donors (Lipinski definition) is 3. The van der Waals surface area contributed by atoms with Crippen molar-refractivity contribution >= 4 is 5.91 Å². The van der Waals surface area contributed by atoms with Gasteiger partial charge in [0.05, 0.1) is 24.9 Å². The molecule has 5 rings (SSSR count). The first-order valence-electron chi connectivity index (χ1n) is 15.6. The molecule has 1 amide bonds. The summed E-state index contributed by atoms with van der Waals surface area (Å²) in [5.41, 5.74) is 6.76. The summed E-state index contributed by atoms with van der Waals surface area (Å²) in [5, 5.41) is 23.6.